The van der Waals surface area contributed by atoms with Gasteiger partial charge in [0.25, 0.3) is 0 Å². The molecule has 5 nitrogen and oxygen atoms in total. The van der Waals surface area contributed by atoms with Crippen LogP contribution in [0.4, 0.5) is 4.39 Å². The van der Waals surface area contributed by atoms with E-state index in [1.165, 1.54) is 23.5 Å². The highest BCUT2D eigenvalue weighted by molar-refractivity contribution is 9.10. The zero-order valence-electron chi connectivity index (χ0n) is 17.7. The van der Waals surface area contributed by atoms with Crippen molar-refractivity contribution in [1.29, 1.82) is 0 Å². The fourth-order valence-corrected chi connectivity index (χ4v) is 5.62. The molecule has 172 valence electrons. The topological polar surface area (TPSA) is 56.0 Å². The van der Waals surface area contributed by atoms with Crippen LogP contribution in [0.2, 0.25) is 10.0 Å². The number of hydrogen-bond donors (Lipinski definition) is 0. The van der Waals surface area contributed by atoms with E-state index in [2.05, 4.69) is 26.1 Å². The second-order valence-corrected chi connectivity index (χ2v) is 10.5. The molecule has 3 aromatic heterocycles. The third-order valence-electron chi connectivity index (χ3n) is 5.55. The Kier molecular flexibility index (Phi) is 5.76. The van der Waals surface area contributed by atoms with Crippen molar-refractivity contribution in [2.75, 3.05) is 0 Å². The minimum atomic E-state index is -0.560. The normalized spacial score (nSPS) is 11.5. The molecule has 0 saturated carbocycles. The van der Waals surface area contributed by atoms with Gasteiger partial charge in [0.05, 0.1) is 21.3 Å². The second kappa shape index (κ2) is 8.95. The van der Waals surface area contributed by atoms with Crippen molar-refractivity contribution >= 4 is 66.3 Å². The Labute approximate surface area is 221 Å². The smallest absolute Gasteiger partial charge is 0.234 e. The lowest BCUT2D eigenvalue weighted by molar-refractivity contribution is 0.628. The van der Waals surface area contributed by atoms with Crippen molar-refractivity contribution in [3.8, 4) is 21.8 Å². The van der Waals surface area contributed by atoms with Crippen LogP contribution in [0.15, 0.2) is 71.2 Å². The number of fused-ring (bicyclic) bond motifs is 2. The third kappa shape index (κ3) is 4.21. The minimum Gasteiger partial charge on any atom is -0.248 e. The molecule has 0 atom stereocenters. The molecule has 35 heavy (non-hydrogen) atoms. The molecule has 0 aliphatic rings. The zero-order valence-corrected chi connectivity index (χ0v) is 21.6. The molecule has 0 spiro atoms. The summed E-state index contributed by atoms with van der Waals surface area (Å²) >= 11 is 17.3. The highest BCUT2D eigenvalue weighted by Gasteiger charge is 2.19. The second-order valence-electron chi connectivity index (χ2n) is 7.84. The lowest BCUT2D eigenvalue weighted by Crippen LogP contribution is -1.98. The van der Waals surface area contributed by atoms with Crippen molar-refractivity contribution < 1.29 is 4.39 Å². The van der Waals surface area contributed by atoms with E-state index >= 15 is 0 Å². The van der Waals surface area contributed by atoms with Gasteiger partial charge in [0.1, 0.15) is 10.8 Å². The van der Waals surface area contributed by atoms with Crippen LogP contribution in [-0.2, 0) is 6.42 Å². The fourth-order valence-electron chi connectivity index (χ4n) is 3.89. The number of halogens is 4. The van der Waals surface area contributed by atoms with Gasteiger partial charge < -0.3 is 0 Å². The van der Waals surface area contributed by atoms with Crippen LogP contribution in [0.1, 0.15) is 11.4 Å². The predicted octanol–water partition coefficient (Wildman–Crippen LogP) is 7.87. The molecule has 0 aliphatic heterocycles. The van der Waals surface area contributed by atoms with Crippen LogP contribution in [0.25, 0.3) is 37.7 Å². The summed E-state index contributed by atoms with van der Waals surface area (Å²) in [5, 5.41) is 15.4. The van der Waals surface area contributed by atoms with Crippen LogP contribution >= 0.6 is 50.5 Å². The first kappa shape index (κ1) is 22.5. The predicted molar refractivity (Wildman–Crippen MR) is 142 cm³/mol. The molecule has 0 radical (unpaired) electrons. The molecular weight excluding hydrogens is 572 g/mol. The number of rotatable bonds is 4. The lowest BCUT2D eigenvalue weighted by Gasteiger charge is -2.10. The Morgan fingerprint density at radius 2 is 1.74 bits per heavy atom. The molecule has 3 heterocycles. The minimum absolute atomic E-state index is 0.0386. The number of hydrogen-bond acceptors (Lipinski definition) is 5. The molecule has 3 aromatic carbocycles. The summed E-state index contributed by atoms with van der Waals surface area (Å²) in [6, 6.07) is 20.4. The molecule has 0 bridgehead atoms. The van der Waals surface area contributed by atoms with E-state index in [4.69, 9.17) is 33.3 Å². The first-order chi connectivity index (χ1) is 17.0. The van der Waals surface area contributed by atoms with Crippen LogP contribution in [0, 0.1) is 5.82 Å². The van der Waals surface area contributed by atoms with Gasteiger partial charge in [-0.3, -0.25) is 0 Å². The van der Waals surface area contributed by atoms with Crippen LogP contribution in [0.5, 0.6) is 0 Å². The molecule has 6 aromatic rings. The molecule has 0 aliphatic carbocycles. The Morgan fingerprint density at radius 3 is 2.57 bits per heavy atom. The van der Waals surface area contributed by atoms with E-state index < -0.39 is 5.82 Å². The standard InChI is InChI=1S/C25H13BrCl2FN5S/c26-14-6-7-21-15(9-14)16(11-22(30-21)17-10-20(29)19(28)12-18(17)27)24-33-34-23(31-32-25(34)35-24)8-13-4-2-1-3-5-13/h1-7,9-12H,8H2. The molecule has 0 unspecified atom stereocenters. The van der Waals surface area contributed by atoms with Gasteiger partial charge in [0.15, 0.2) is 5.82 Å². The molecule has 0 N–H and O–H groups in total. The Hall–Kier alpha value is -2.91. The molecule has 0 amide bonds. The summed E-state index contributed by atoms with van der Waals surface area (Å²) in [6.07, 6.45) is 0.610. The van der Waals surface area contributed by atoms with Gasteiger partial charge in [-0.15, -0.1) is 10.2 Å². The maximum atomic E-state index is 14.3. The average Bonchev–Trinajstić information content (AvgIpc) is 3.43. The van der Waals surface area contributed by atoms with Crippen LogP contribution in [-0.4, -0.2) is 24.8 Å². The number of pyridine rings is 1. The first-order valence-electron chi connectivity index (χ1n) is 10.5. The monoisotopic (exact) mass is 583 g/mol. The number of aromatic nitrogens is 5. The summed E-state index contributed by atoms with van der Waals surface area (Å²) in [5.74, 6) is 0.186. The Bertz CT molecular complexity index is 1740. The van der Waals surface area contributed by atoms with Gasteiger partial charge in [0.2, 0.25) is 4.96 Å². The SMILES string of the molecule is Fc1cc(-c2cc(-c3nn4c(Cc5ccccc5)nnc4s3)c3cc(Br)ccc3n2)c(Cl)cc1Cl. The van der Waals surface area contributed by atoms with Gasteiger partial charge in [-0.1, -0.05) is 80.8 Å². The number of benzene rings is 3. The van der Waals surface area contributed by atoms with E-state index in [0.29, 0.717) is 27.7 Å². The Morgan fingerprint density at radius 1 is 0.914 bits per heavy atom. The van der Waals surface area contributed by atoms with Crippen molar-refractivity contribution in [1.82, 2.24) is 24.8 Å². The van der Waals surface area contributed by atoms with Crippen molar-refractivity contribution in [3.63, 3.8) is 0 Å². The summed E-state index contributed by atoms with van der Waals surface area (Å²) in [4.78, 5) is 5.43. The maximum absolute atomic E-state index is 14.3. The summed E-state index contributed by atoms with van der Waals surface area (Å²) in [7, 11) is 0. The average molecular weight is 585 g/mol. The van der Waals surface area contributed by atoms with Gasteiger partial charge in [0, 0.05) is 27.4 Å². The van der Waals surface area contributed by atoms with Gasteiger partial charge in [-0.2, -0.15) is 9.61 Å². The van der Waals surface area contributed by atoms with Crippen LogP contribution < -0.4 is 0 Å². The zero-order chi connectivity index (χ0) is 24.1. The van der Waals surface area contributed by atoms with Gasteiger partial charge >= 0.3 is 0 Å². The largest absolute Gasteiger partial charge is 0.248 e. The number of nitrogens with zero attached hydrogens (tertiary/aromatic N) is 5. The third-order valence-corrected chi connectivity index (χ3v) is 7.58. The van der Waals surface area contributed by atoms with E-state index in [9.17, 15) is 4.39 Å². The van der Waals surface area contributed by atoms with E-state index in [1.807, 2.05) is 54.6 Å². The van der Waals surface area contributed by atoms with E-state index in [1.54, 1.807) is 4.52 Å². The van der Waals surface area contributed by atoms with Crippen molar-refractivity contribution in [3.05, 3.63) is 98.5 Å². The molecule has 6 rings (SSSR count). The van der Waals surface area contributed by atoms with Gasteiger partial charge in [-0.25, -0.2) is 9.37 Å². The molecule has 0 saturated heterocycles. The lowest BCUT2D eigenvalue weighted by atomic mass is 10.0. The molecular formula is C25H13BrCl2FN5S. The summed E-state index contributed by atoms with van der Waals surface area (Å²) in [6.45, 7) is 0. The van der Waals surface area contributed by atoms with Gasteiger partial charge in [-0.05, 0) is 42.0 Å². The van der Waals surface area contributed by atoms with E-state index in [0.717, 1.165) is 37.3 Å². The Balaban J connectivity index is 1.53. The summed E-state index contributed by atoms with van der Waals surface area (Å²) < 4.78 is 17.0. The molecule has 10 heteroatoms. The highest BCUT2D eigenvalue weighted by atomic mass is 79.9. The maximum Gasteiger partial charge on any atom is 0.234 e. The highest BCUT2D eigenvalue weighted by Crippen LogP contribution is 2.38. The van der Waals surface area contributed by atoms with E-state index in [-0.39, 0.29) is 5.02 Å². The first-order valence-corrected chi connectivity index (χ1v) is 12.8. The van der Waals surface area contributed by atoms with Crippen molar-refractivity contribution in [2.24, 2.45) is 0 Å². The van der Waals surface area contributed by atoms with Crippen molar-refractivity contribution in [2.45, 2.75) is 6.42 Å². The molecule has 0 fully saturated rings. The quantitative estimate of drug-likeness (QED) is 0.198. The van der Waals surface area contributed by atoms with Crippen LogP contribution in [0.3, 0.4) is 0 Å². The fraction of sp³-hybridized carbons (Fsp3) is 0.0400. The summed E-state index contributed by atoms with van der Waals surface area (Å²) in [5.41, 5.74) is 3.65.